The SMILES string of the molecule is CC(=O)O.CCCCCCCCCCCCCCCCCCCCCCc1ncc[nH]1. The lowest BCUT2D eigenvalue weighted by atomic mass is 10.0. The van der Waals surface area contributed by atoms with Crippen molar-refractivity contribution in [1.82, 2.24) is 9.97 Å². The quantitative estimate of drug-likeness (QED) is 0.189. The molecular formula is C27H52N2O2. The van der Waals surface area contributed by atoms with Crippen LogP contribution in [0.3, 0.4) is 0 Å². The third kappa shape index (κ3) is 26.6. The molecule has 1 aromatic rings. The lowest BCUT2D eigenvalue weighted by molar-refractivity contribution is -0.134. The second-order valence-corrected chi connectivity index (χ2v) is 9.02. The third-order valence-electron chi connectivity index (χ3n) is 5.82. The number of hydrogen-bond acceptors (Lipinski definition) is 2. The van der Waals surface area contributed by atoms with Gasteiger partial charge in [-0.05, 0) is 6.42 Å². The summed E-state index contributed by atoms with van der Waals surface area (Å²) in [5.74, 6) is 0.317. The summed E-state index contributed by atoms with van der Waals surface area (Å²) in [7, 11) is 0. The van der Waals surface area contributed by atoms with Crippen LogP contribution >= 0.6 is 0 Å². The first kappa shape index (κ1) is 29.7. The molecule has 1 aromatic heterocycles. The lowest BCUT2D eigenvalue weighted by Gasteiger charge is -2.04. The molecule has 4 nitrogen and oxygen atoms in total. The fourth-order valence-corrected chi connectivity index (χ4v) is 3.98. The number of hydrogen-bond donors (Lipinski definition) is 2. The van der Waals surface area contributed by atoms with E-state index in [-0.39, 0.29) is 0 Å². The van der Waals surface area contributed by atoms with Gasteiger partial charge < -0.3 is 10.1 Å². The predicted octanol–water partition coefficient (Wildman–Crippen LogP) is 8.87. The second-order valence-electron chi connectivity index (χ2n) is 9.02. The molecule has 0 amide bonds. The Balaban J connectivity index is 0.00000206. The third-order valence-corrected chi connectivity index (χ3v) is 5.82. The molecule has 2 N–H and O–H groups in total. The molecule has 0 spiro atoms. The maximum atomic E-state index is 9.00. The highest BCUT2D eigenvalue weighted by Gasteiger charge is 1.97. The van der Waals surface area contributed by atoms with Gasteiger partial charge in [0.15, 0.2) is 0 Å². The van der Waals surface area contributed by atoms with E-state index in [2.05, 4.69) is 16.9 Å². The van der Waals surface area contributed by atoms with Gasteiger partial charge in [0.2, 0.25) is 0 Å². The van der Waals surface area contributed by atoms with Gasteiger partial charge in [-0.25, -0.2) is 4.98 Å². The Labute approximate surface area is 193 Å². The van der Waals surface area contributed by atoms with Crippen molar-refractivity contribution >= 4 is 5.97 Å². The van der Waals surface area contributed by atoms with Gasteiger partial charge in [-0.1, -0.05) is 129 Å². The van der Waals surface area contributed by atoms with Crippen LogP contribution in [0.4, 0.5) is 0 Å². The van der Waals surface area contributed by atoms with Crippen LogP contribution in [0.2, 0.25) is 0 Å². The standard InChI is InChI=1S/C25H48N2.C2H4O2/c1-2-3-4-5-6-7-8-9-10-11-12-13-14-15-16-17-18-19-20-21-22-25-26-23-24-27-25;1-2(3)4/h23-24H,2-22H2,1H3,(H,26,27);1H3,(H,3,4). The van der Waals surface area contributed by atoms with Gasteiger partial charge in [-0.2, -0.15) is 0 Å². The number of carboxylic acid groups (broad SMARTS) is 1. The first-order valence-corrected chi connectivity index (χ1v) is 13.3. The molecular weight excluding hydrogens is 384 g/mol. The van der Waals surface area contributed by atoms with Crippen molar-refractivity contribution < 1.29 is 9.90 Å². The molecule has 0 aliphatic carbocycles. The topological polar surface area (TPSA) is 66.0 Å². The zero-order chi connectivity index (χ0) is 22.8. The summed E-state index contributed by atoms with van der Waals surface area (Å²) in [5, 5.41) is 7.42. The highest BCUT2D eigenvalue weighted by atomic mass is 16.4. The second kappa shape index (κ2) is 24.9. The number of imidazole rings is 1. The lowest BCUT2D eigenvalue weighted by Crippen LogP contribution is -1.88. The molecule has 182 valence electrons. The number of rotatable bonds is 21. The maximum Gasteiger partial charge on any atom is 0.300 e. The minimum Gasteiger partial charge on any atom is -0.481 e. The van der Waals surface area contributed by atoms with Crippen molar-refractivity contribution in [2.24, 2.45) is 0 Å². The minimum absolute atomic E-state index is 0.833. The smallest absolute Gasteiger partial charge is 0.300 e. The van der Waals surface area contributed by atoms with E-state index in [1.165, 1.54) is 128 Å². The van der Waals surface area contributed by atoms with E-state index in [0.29, 0.717) is 0 Å². The molecule has 0 aliphatic rings. The van der Waals surface area contributed by atoms with Crippen molar-refractivity contribution in [2.45, 2.75) is 149 Å². The molecule has 0 aliphatic heterocycles. The summed E-state index contributed by atoms with van der Waals surface area (Å²) >= 11 is 0. The average Bonchev–Trinajstić information content (AvgIpc) is 3.25. The Morgan fingerprint density at radius 3 is 1.32 bits per heavy atom. The fraction of sp³-hybridized carbons (Fsp3) is 0.852. The predicted molar refractivity (Wildman–Crippen MR) is 134 cm³/mol. The molecule has 1 heterocycles. The molecule has 1 rings (SSSR count). The summed E-state index contributed by atoms with van der Waals surface area (Å²) < 4.78 is 0. The Hall–Kier alpha value is -1.32. The van der Waals surface area contributed by atoms with E-state index < -0.39 is 5.97 Å². The van der Waals surface area contributed by atoms with Crippen molar-refractivity contribution in [3.63, 3.8) is 0 Å². The summed E-state index contributed by atoms with van der Waals surface area (Å²) in [4.78, 5) is 16.5. The van der Waals surface area contributed by atoms with Crippen LogP contribution < -0.4 is 0 Å². The van der Waals surface area contributed by atoms with Crippen molar-refractivity contribution in [3.8, 4) is 0 Å². The van der Waals surface area contributed by atoms with Crippen molar-refractivity contribution in [2.75, 3.05) is 0 Å². The Morgan fingerprint density at radius 1 is 0.710 bits per heavy atom. The minimum atomic E-state index is -0.833. The zero-order valence-electron chi connectivity index (χ0n) is 20.8. The zero-order valence-corrected chi connectivity index (χ0v) is 20.8. The molecule has 0 radical (unpaired) electrons. The van der Waals surface area contributed by atoms with E-state index in [4.69, 9.17) is 9.90 Å². The van der Waals surface area contributed by atoms with E-state index in [1.54, 1.807) is 0 Å². The number of nitrogens with zero attached hydrogens (tertiary/aromatic N) is 1. The van der Waals surface area contributed by atoms with Crippen LogP contribution in [0.15, 0.2) is 12.4 Å². The van der Waals surface area contributed by atoms with Gasteiger partial charge in [0.1, 0.15) is 5.82 Å². The van der Waals surface area contributed by atoms with Crippen LogP contribution in [0, 0.1) is 0 Å². The Bertz CT molecular complexity index is 456. The van der Waals surface area contributed by atoms with Gasteiger partial charge in [0.05, 0.1) is 0 Å². The van der Waals surface area contributed by atoms with Crippen LogP contribution in [0.5, 0.6) is 0 Å². The number of aliphatic carboxylic acids is 1. The number of nitrogens with one attached hydrogen (secondary N) is 1. The molecule has 0 bridgehead atoms. The molecule has 0 saturated heterocycles. The molecule has 0 unspecified atom stereocenters. The molecule has 0 saturated carbocycles. The van der Waals surface area contributed by atoms with E-state index in [1.807, 2.05) is 12.4 Å². The van der Waals surface area contributed by atoms with Crippen LogP contribution in [-0.4, -0.2) is 21.0 Å². The van der Waals surface area contributed by atoms with Crippen LogP contribution in [0.1, 0.15) is 148 Å². The molecule has 4 heteroatoms. The summed E-state index contributed by atoms with van der Waals surface area (Å²) in [5.41, 5.74) is 0. The summed E-state index contributed by atoms with van der Waals surface area (Å²) in [6.07, 6.45) is 33.8. The number of carboxylic acids is 1. The molecule has 0 aromatic carbocycles. The number of aromatic nitrogens is 2. The molecule has 0 atom stereocenters. The normalized spacial score (nSPS) is 10.6. The summed E-state index contributed by atoms with van der Waals surface area (Å²) in [6, 6.07) is 0. The first-order chi connectivity index (χ1) is 15.2. The van der Waals surface area contributed by atoms with E-state index in [9.17, 15) is 0 Å². The monoisotopic (exact) mass is 436 g/mol. The van der Waals surface area contributed by atoms with Gasteiger partial charge in [-0.15, -0.1) is 0 Å². The summed E-state index contributed by atoms with van der Waals surface area (Å²) in [6.45, 7) is 3.38. The molecule has 31 heavy (non-hydrogen) atoms. The average molecular weight is 437 g/mol. The van der Waals surface area contributed by atoms with Gasteiger partial charge in [-0.3, -0.25) is 4.79 Å². The highest BCUT2D eigenvalue weighted by molar-refractivity contribution is 5.62. The van der Waals surface area contributed by atoms with Gasteiger partial charge in [0.25, 0.3) is 5.97 Å². The maximum absolute atomic E-state index is 9.00. The highest BCUT2D eigenvalue weighted by Crippen LogP contribution is 2.15. The molecule has 0 fully saturated rings. The number of H-pyrrole nitrogens is 1. The number of aromatic amines is 1. The fourth-order valence-electron chi connectivity index (χ4n) is 3.98. The van der Waals surface area contributed by atoms with E-state index >= 15 is 0 Å². The van der Waals surface area contributed by atoms with Gasteiger partial charge in [0, 0.05) is 25.7 Å². The van der Waals surface area contributed by atoms with Crippen LogP contribution in [-0.2, 0) is 11.2 Å². The van der Waals surface area contributed by atoms with E-state index in [0.717, 1.165) is 19.2 Å². The Kier molecular flexibility index (Phi) is 23.9. The number of carbonyl (C=O) groups is 1. The largest absolute Gasteiger partial charge is 0.481 e. The van der Waals surface area contributed by atoms with Crippen LogP contribution in [0.25, 0.3) is 0 Å². The van der Waals surface area contributed by atoms with Crippen molar-refractivity contribution in [1.29, 1.82) is 0 Å². The number of unbranched alkanes of at least 4 members (excludes halogenated alkanes) is 19. The number of aryl methyl sites for hydroxylation is 1. The Morgan fingerprint density at radius 2 is 1.03 bits per heavy atom. The van der Waals surface area contributed by atoms with Crippen molar-refractivity contribution in [3.05, 3.63) is 18.2 Å². The first-order valence-electron chi connectivity index (χ1n) is 13.3. The van der Waals surface area contributed by atoms with Gasteiger partial charge >= 0.3 is 0 Å².